The van der Waals surface area contributed by atoms with Gasteiger partial charge in [0.2, 0.25) is 5.91 Å². The number of nitrogens with zero attached hydrogens (tertiary/aromatic N) is 1. The second kappa shape index (κ2) is 5.60. The fourth-order valence-corrected chi connectivity index (χ4v) is 3.79. The maximum atomic E-state index is 12.8. The zero-order chi connectivity index (χ0) is 13.3. The van der Waals surface area contributed by atoms with Crippen LogP contribution in [0.15, 0.2) is 0 Å². The molecule has 1 saturated heterocycles. The van der Waals surface area contributed by atoms with E-state index in [0.29, 0.717) is 23.9 Å². The van der Waals surface area contributed by atoms with Crippen molar-refractivity contribution >= 4 is 5.91 Å². The quantitative estimate of drug-likeness (QED) is 0.779. The van der Waals surface area contributed by atoms with Gasteiger partial charge in [0, 0.05) is 24.0 Å². The molecule has 1 amide bonds. The van der Waals surface area contributed by atoms with E-state index in [1.54, 1.807) is 0 Å². The first kappa shape index (κ1) is 13.9. The van der Waals surface area contributed by atoms with Gasteiger partial charge in [-0.1, -0.05) is 13.3 Å². The summed E-state index contributed by atoms with van der Waals surface area (Å²) >= 11 is 0. The van der Waals surface area contributed by atoms with Crippen LogP contribution in [-0.4, -0.2) is 28.9 Å². The molecule has 1 heterocycles. The standard InChI is InChI=1S/C15H28N2O/c1-10-6-4-7-11(2)17(10)15(18)13-8-5-9-14(16)12(13)3/h10-14H,4-9,16H2,1-3H3/t10-,11+,12?,13?,14?. The molecule has 3 nitrogen and oxygen atoms in total. The van der Waals surface area contributed by atoms with Gasteiger partial charge < -0.3 is 10.6 Å². The molecule has 2 aliphatic rings. The minimum Gasteiger partial charge on any atom is -0.337 e. The SMILES string of the molecule is CC1C(N)CCCC1C(=O)N1[C@H](C)CCC[C@@H]1C. The maximum Gasteiger partial charge on any atom is 0.226 e. The van der Waals surface area contributed by atoms with Gasteiger partial charge in [-0.25, -0.2) is 0 Å². The van der Waals surface area contributed by atoms with E-state index in [9.17, 15) is 4.79 Å². The van der Waals surface area contributed by atoms with Gasteiger partial charge in [-0.3, -0.25) is 4.79 Å². The van der Waals surface area contributed by atoms with Crippen LogP contribution in [0.25, 0.3) is 0 Å². The lowest BCUT2D eigenvalue weighted by molar-refractivity contribution is -0.144. The molecule has 5 atom stereocenters. The van der Waals surface area contributed by atoms with E-state index in [1.807, 2.05) is 0 Å². The molecule has 0 aromatic heterocycles. The molecule has 2 fully saturated rings. The first-order chi connectivity index (χ1) is 8.52. The van der Waals surface area contributed by atoms with E-state index in [1.165, 1.54) is 6.42 Å². The maximum absolute atomic E-state index is 12.8. The molecule has 2 N–H and O–H groups in total. The third-order valence-electron chi connectivity index (χ3n) is 5.13. The van der Waals surface area contributed by atoms with E-state index < -0.39 is 0 Å². The van der Waals surface area contributed by atoms with Crippen LogP contribution in [0.2, 0.25) is 0 Å². The Morgan fingerprint density at radius 1 is 1.00 bits per heavy atom. The molecule has 104 valence electrons. The van der Waals surface area contributed by atoms with Crippen LogP contribution in [0.3, 0.4) is 0 Å². The Bertz CT molecular complexity index is 295. The van der Waals surface area contributed by atoms with Crippen molar-refractivity contribution in [1.29, 1.82) is 0 Å². The monoisotopic (exact) mass is 252 g/mol. The summed E-state index contributed by atoms with van der Waals surface area (Å²) < 4.78 is 0. The minimum atomic E-state index is 0.164. The predicted octanol–water partition coefficient (Wildman–Crippen LogP) is 2.54. The third kappa shape index (κ3) is 2.56. The lowest BCUT2D eigenvalue weighted by Crippen LogP contribution is -2.53. The molecule has 1 aliphatic heterocycles. The van der Waals surface area contributed by atoms with Crippen molar-refractivity contribution in [2.24, 2.45) is 17.6 Å². The van der Waals surface area contributed by atoms with Gasteiger partial charge in [0.15, 0.2) is 0 Å². The van der Waals surface area contributed by atoms with Crippen LogP contribution < -0.4 is 5.73 Å². The van der Waals surface area contributed by atoms with Crippen LogP contribution in [0.5, 0.6) is 0 Å². The molecule has 0 aromatic carbocycles. The van der Waals surface area contributed by atoms with Crippen molar-refractivity contribution in [2.75, 3.05) is 0 Å². The highest BCUT2D eigenvalue weighted by Gasteiger charge is 2.38. The van der Waals surface area contributed by atoms with E-state index in [-0.39, 0.29) is 12.0 Å². The van der Waals surface area contributed by atoms with Crippen molar-refractivity contribution in [3.8, 4) is 0 Å². The Balaban J connectivity index is 2.09. The van der Waals surface area contributed by atoms with E-state index in [4.69, 9.17) is 5.73 Å². The number of amides is 1. The molecule has 0 aromatic rings. The number of hydrogen-bond donors (Lipinski definition) is 1. The van der Waals surface area contributed by atoms with Crippen molar-refractivity contribution < 1.29 is 4.79 Å². The topological polar surface area (TPSA) is 46.3 Å². The van der Waals surface area contributed by atoms with Crippen LogP contribution in [0.4, 0.5) is 0 Å². The molecule has 1 aliphatic carbocycles. The van der Waals surface area contributed by atoms with Crippen molar-refractivity contribution in [1.82, 2.24) is 4.90 Å². The number of hydrogen-bond acceptors (Lipinski definition) is 2. The molecular formula is C15H28N2O. The van der Waals surface area contributed by atoms with Gasteiger partial charge in [-0.05, 0) is 51.9 Å². The van der Waals surface area contributed by atoms with Gasteiger partial charge in [0.1, 0.15) is 0 Å². The highest BCUT2D eigenvalue weighted by Crippen LogP contribution is 2.33. The number of carbonyl (C=O) groups is 1. The van der Waals surface area contributed by atoms with E-state index >= 15 is 0 Å². The first-order valence-electron chi connectivity index (χ1n) is 7.60. The van der Waals surface area contributed by atoms with Gasteiger partial charge >= 0.3 is 0 Å². The summed E-state index contributed by atoms with van der Waals surface area (Å²) in [5, 5.41) is 0. The molecule has 0 bridgehead atoms. The van der Waals surface area contributed by atoms with E-state index in [2.05, 4.69) is 25.7 Å². The summed E-state index contributed by atoms with van der Waals surface area (Å²) in [5.74, 6) is 0.877. The van der Waals surface area contributed by atoms with Crippen LogP contribution in [-0.2, 0) is 4.79 Å². The van der Waals surface area contributed by atoms with Gasteiger partial charge in [0.05, 0.1) is 0 Å². The molecular weight excluding hydrogens is 224 g/mol. The van der Waals surface area contributed by atoms with Crippen molar-refractivity contribution in [3.05, 3.63) is 0 Å². The molecule has 3 heteroatoms. The first-order valence-corrected chi connectivity index (χ1v) is 7.60. The average molecular weight is 252 g/mol. The zero-order valence-corrected chi connectivity index (χ0v) is 12.1. The van der Waals surface area contributed by atoms with E-state index in [0.717, 1.165) is 32.1 Å². The Hall–Kier alpha value is -0.570. The van der Waals surface area contributed by atoms with Gasteiger partial charge in [-0.15, -0.1) is 0 Å². The summed E-state index contributed by atoms with van der Waals surface area (Å²) in [7, 11) is 0. The van der Waals surface area contributed by atoms with Gasteiger partial charge in [-0.2, -0.15) is 0 Å². The second-order valence-corrected chi connectivity index (χ2v) is 6.43. The van der Waals surface area contributed by atoms with Crippen LogP contribution in [0, 0.1) is 11.8 Å². The second-order valence-electron chi connectivity index (χ2n) is 6.43. The summed E-state index contributed by atoms with van der Waals surface area (Å²) in [4.78, 5) is 15.0. The lowest BCUT2D eigenvalue weighted by atomic mass is 9.76. The molecule has 1 saturated carbocycles. The normalized spacial score (nSPS) is 41.8. The highest BCUT2D eigenvalue weighted by atomic mass is 16.2. The highest BCUT2D eigenvalue weighted by molar-refractivity contribution is 5.80. The summed E-state index contributed by atoms with van der Waals surface area (Å²) in [6.45, 7) is 6.55. The number of rotatable bonds is 1. The third-order valence-corrected chi connectivity index (χ3v) is 5.13. The average Bonchev–Trinajstić information content (AvgIpc) is 2.32. The molecule has 0 radical (unpaired) electrons. The van der Waals surface area contributed by atoms with Crippen molar-refractivity contribution in [2.45, 2.75) is 77.4 Å². The summed E-state index contributed by atoms with van der Waals surface area (Å²) in [6, 6.07) is 1.03. The lowest BCUT2D eigenvalue weighted by Gasteiger charge is -2.43. The molecule has 18 heavy (non-hydrogen) atoms. The Kier molecular flexibility index (Phi) is 4.31. The molecule has 3 unspecified atom stereocenters. The smallest absolute Gasteiger partial charge is 0.226 e. The predicted molar refractivity (Wildman–Crippen MR) is 74.1 cm³/mol. The minimum absolute atomic E-state index is 0.164. The number of piperidine rings is 1. The van der Waals surface area contributed by atoms with Gasteiger partial charge in [0.25, 0.3) is 0 Å². The fourth-order valence-electron chi connectivity index (χ4n) is 3.79. The molecule has 2 rings (SSSR count). The Labute approximate surface area is 111 Å². The Morgan fingerprint density at radius 2 is 1.56 bits per heavy atom. The molecule has 0 spiro atoms. The zero-order valence-electron chi connectivity index (χ0n) is 12.1. The number of nitrogens with two attached hydrogens (primary N) is 1. The summed E-state index contributed by atoms with van der Waals surface area (Å²) in [6.07, 6.45) is 6.79. The summed E-state index contributed by atoms with van der Waals surface area (Å²) in [5.41, 5.74) is 6.13. The number of likely N-dealkylation sites (tertiary alicyclic amines) is 1. The van der Waals surface area contributed by atoms with Crippen LogP contribution >= 0.6 is 0 Å². The number of carbonyl (C=O) groups excluding carboxylic acids is 1. The fraction of sp³-hybridized carbons (Fsp3) is 0.933. The largest absolute Gasteiger partial charge is 0.337 e. The van der Waals surface area contributed by atoms with Crippen molar-refractivity contribution in [3.63, 3.8) is 0 Å². The van der Waals surface area contributed by atoms with Crippen LogP contribution in [0.1, 0.15) is 59.3 Å². The Morgan fingerprint density at radius 3 is 2.17 bits per heavy atom.